The molecule has 0 radical (unpaired) electrons. The van der Waals surface area contributed by atoms with Gasteiger partial charge in [-0.3, -0.25) is 0 Å². The Morgan fingerprint density at radius 1 is 0.260 bits per heavy atom. The molecule has 438 valence electrons. The topological polar surface area (TPSA) is 72.2 Å². The zero-order valence-electron chi connectivity index (χ0n) is 48.0. The second kappa shape index (κ2) is 71.4. The summed E-state index contributed by atoms with van der Waals surface area (Å²) in [5.41, 5.74) is 0. The summed E-state index contributed by atoms with van der Waals surface area (Å²) in [7, 11) is 0. The van der Waals surface area contributed by atoms with Gasteiger partial charge in [-0.05, 0) is 74.0 Å². The molecule has 0 aliphatic rings. The summed E-state index contributed by atoms with van der Waals surface area (Å²) in [5.74, 6) is 4.45. The van der Waals surface area contributed by atoms with Crippen molar-refractivity contribution < 1.29 is 21.1 Å². The maximum atomic E-state index is 4.78. The zero-order valence-corrected chi connectivity index (χ0v) is 59.8. The molecule has 0 rings (SSSR count). The van der Waals surface area contributed by atoms with Crippen LogP contribution in [0.4, 0.5) is 0 Å². The van der Waals surface area contributed by atoms with Gasteiger partial charge in [-0.25, -0.2) is 0 Å². The molecule has 0 aromatic heterocycles. The average molecular weight is 1320 g/mol. The summed E-state index contributed by atoms with van der Waals surface area (Å²) in [6.45, 7) is 32.4. The van der Waals surface area contributed by atoms with Crippen molar-refractivity contribution in [3.8, 4) is 0 Å². The standard InChI is InChI=1S/6C9H19NS2.Mo/c6*1-3-5-6-8(4-2)7-10-9(11)12;/h6*8H,3-7H2,1-2H3,(H2,10,11,12);/p-6. The van der Waals surface area contributed by atoms with Gasteiger partial charge in [-0.2, -0.15) is 0 Å². The minimum absolute atomic E-state index is 0. The average Bonchev–Trinajstić information content (AvgIpc) is 3.35. The molecular formula is C54H108MoN6S12-6. The van der Waals surface area contributed by atoms with Gasteiger partial charge in [-0.1, -0.05) is 225 Å². The summed E-state index contributed by atoms with van der Waals surface area (Å²) < 4.78 is 3.03. The largest absolute Gasteiger partial charge is 0.412 e. The van der Waals surface area contributed by atoms with Gasteiger partial charge in [-0.15, -0.1) is 0 Å². The van der Waals surface area contributed by atoms with Gasteiger partial charge in [0.05, 0.1) is 0 Å². The second-order valence-electron chi connectivity index (χ2n) is 18.5. The minimum atomic E-state index is 0. The molecule has 6 N–H and O–H groups in total. The van der Waals surface area contributed by atoms with E-state index in [0.717, 1.165) is 74.8 Å². The van der Waals surface area contributed by atoms with Crippen LogP contribution in [0.25, 0.3) is 0 Å². The Kier molecular flexibility index (Phi) is 86.2. The van der Waals surface area contributed by atoms with Gasteiger partial charge in [0, 0.05) is 60.3 Å². The number of thiocarbonyl (C=S) groups is 6. The fraction of sp³-hybridized carbons (Fsp3) is 0.889. The first-order valence-electron chi connectivity index (χ1n) is 27.9. The van der Waals surface area contributed by atoms with Crippen LogP contribution < -0.4 is 31.9 Å². The van der Waals surface area contributed by atoms with E-state index < -0.39 is 0 Å². The summed E-state index contributed by atoms with van der Waals surface area (Å²) in [4.78, 5) is 0. The number of hydrogen-bond acceptors (Lipinski definition) is 12. The molecule has 0 fully saturated rings. The van der Waals surface area contributed by atoms with Crippen LogP contribution in [0.3, 0.4) is 0 Å². The molecule has 0 aromatic carbocycles. The van der Waals surface area contributed by atoms with E-state index in [-0.39, 0.29) is 21.1 Å². The van der Waals surface area contributed by atoms with E-state index in [2.05, 4.69) is 115 Å². The van der Waals surface area contributed by atoms with E-state index in [1.54, 1.807) is 0 Å². The monoisotopic (exact) mass is 1320 g/mol. The van der Waals surface area contributed by atoms with Gasteiger partial charge in [0.1, 0.15) is 0 Å². The van der Waals surface area contributed by atoms with E-state index in [4.69, 9.17) is 149 Å². The SMILES string of the molecule is CCCCC(CC)CNC(=S)[S-].CCCCC(CC)CNC(=S)[S-].CCCCC(CC)CNC(=S)[S-].CCCCC(CC)CNC(=S)[S-].CCCCC(CC)CNC(=S)[S-].CCCCC(CC)CNC(=S)[S-].[Mo]. The van der Waals surface area contributed by atoms with Crippen LogP contribution in [0, 0.1) is 35.5 Å². The van der Waals surface area contributed by atoms with Crippen molar-refractivity contribution in [2.24, 2.45) is 35.5 Å². The zero-order chi connectivity index (χ0) is 56.4. The van der Waals surface area contributed by atoms with Crippen LogP contribution >= 0.6 is 73.3 Å². The Morgan fingerprint density at radius 3 is 0.438 bits per heavy atom. The number of hydrogen-bond donors (Lipinski definition) is 6. The first-order valence-corrected chi connectivity index (χ1v) is 32.8. The summed E-state index contributed by atoms with van der Waals surface area (Å²) in [6.07, 6.45) is 30.5. The quantitative estimate of drug-likeness (QED) is 0.0205. The number of nitrogens with one attached hydrogen (secondary N) is 6. The Labute approximate surface area is 534 Å². The van der Waals surface area contributed by atoms with Crippen molar-refractivity contribution >= 4 is 175 Å². The molecule has 0 aliphatic carbocycles. The Hall–Kier alpha value is 1.35. The molecular weight excluding hydrogens is 1210 g/mol. The molecule has 0 bridgehead atoms. The maximum Gasteiger partial charge on any atom is 0.0160 e. The molecule has 6 unspecified atom stereocenters. The van der Waals surface area contributed by atoms with Crippen LogP contribution in [0.15, 0.2) is 0 Å². The van der Waals surface area contributed by atoms with Crippen molar-refractivity contribution in [1.29, 1.82) is 0 Å². The van der Waals surface area contributed by atoms with E-state index >= 15 is 0 Å². The number of unbranched alkanes of at least 4 members (excludes halogenated alkanes) is 6. The van der Waals surface area contributed by atoms with Crippen molar-refractivity contribution in [3.05, 3.63) is 0 Å². The van der Waals surface area contributed by atoms with Gasteiger partial charge in [0.25, 0.3) is 0 Å². The smallest absolute Gasteiger partial charge is 0.0160 e. The third-order valence-electron chi connectivity index (χ3n) is 12.5. The summed E-state index contributed by atoms with van der Waals surface area (Å²) in [5, 5.41) is 18.3. The summed E-state index contributed by atoms with van der Waals surface area (Å²) in [6, 6.07) is 0. The molecule has 6 atom stereocenters. The van der Waals surface area contributed by atoms with Crippen molar-refractivity contribution in [3.63, 3.8) is 0 Å². The van der Waals surface area contributed by atoms with E-state index in [0.29, 0.717) is 25.9 Å². The fourth-order valence-electron chi connectivity index (χ4n) is 7.03. The van der Waals surface area contributed by atoms with Gasteiger partial charge >= 0.3 is 0 Å². The molecule has 0 saturated carbocycles. The Balaban J connectivity index is -0.000000143. The normalized spacial score (nSPS) is 12.3. The molecule has 0 saturated heterocycles. The van der Waals surface area contributed by atoms with Crippen molar-refractivity contribution in [2.75, 3.05) is 39.3 Å². The minimum Gasteiger partial charge on any atom is -0.412 e. The molecule has 0 aromatic rings. The fourth-order valence-corrected chi connectivity index (χ4v) is 8.03. The molecule has 0 amide bonds. The van der Waals surface area contributed by atoms with Crippen LogP contribution in [0.2, 0.25) is 0 Å². The molecule has 0 spiro atoms. The third-order valence-corrected chi connectivity index (χ3v) is 14.2. The Bertz CT molecular complexity index is 994. The molecule has 0 heterocycles. The summed E-state index contributed by atoms with van der Waals surface area (Å²) >= 11 is 57.3. The van der Waals surface area contributed by atoms with Gasteiger partial charge in [0.15, 0.2) is 0 Å². The van der Waals surface area contributed by atoms with Crippen LogP contribution in [0.1, 0.15) is 237 Å². The van der Waals surface area contributed by atoms with Gasteiger partial charge < -0.3 is 181 Å². The predicted molar refractivity (Wildman–Crippen MR) is 368 cm³/mol. The predicted octanol–water partition coefficient (Wildman–Crippen LogP) is 15.7. The first-order chi connectivity index (χ1) is 34.2. The number of rotatable bonds is 36. The van der Waals surface area contributed by atoms with Crippen LogP contribution in [-0.4, -0.2) is 65.2 Å². The van der Waals surface area contributed by atoms with Crippen LogP contribution in [0.5, 0.6) is 0 Å². The van der Waals surface area contributed by atoms with Crippen molar-refractivity contribution in [2.45, 2.75) is 237 Å². The van der Waals surface area contributed by atoms with E-state index in [1.807, 2.05) is 0 Å². The van der Waals surface area contributed by atoms with Crippen LogP contribution in [-0.2, 0) is 96.8 Å². The Morgan fingerprint density at radius 2 is 0.370 bits per heavy atom. The van der Waals surface area contributed by atoms with Gasteiger partial charge in [0.2, 0.25) is 0 Å². The van der Waals surface area contributed by atoms with E-state index in [9.17, 15) is 0 Å². The maximum absolute atomic E-state index is 4.78. The molecule has 73 heavy (non-hydrogen) atoms. The molecule has 6 nitrogen and oxygen atoms in total. The second-order valence-corrected chi connectivity index (χ2v) is 25.0. The van der Waals surface area contributed by atoms with Crippen molar-refractivity contribution in [1.82, 2.24) is 31.9 Å². The third kappa shape index (κ3) is 82.3. The first kappa shape index (κ1) is 88.2. The van der Waals surface area contributed by atoms with E-state index in [1.165, 1.54) is 154 Å². The molecule has 19 heteroatoms. The molecule has 0 aliphatic heterocycles.